The number of nitrogens with zero attached hydrogens (tertiary/aromatic N) is 2. The van der Waals surface area contributed by atoms with Gasteiger partial charge in [0, 0.05) is 43.8 Å². The molecule has 0 amide bonds. The molecule has 5 nitrogen and oxygen atoms in total. The molecule has 5 heteroatoms. The maximum atomic E-state index is 6.81. The molecule has 3 heterocycles. The Morgan fingerprint density at radius 2 is 1.12 bits per heavy atom. The summed E-state index contributed by atoms with van der Waals surface area (Å²) in [6, 6.07) is 56.8. The third kappa shape index (κ3) is 4.36. The van der Waals surface area contributed by atoms with Crippen LogP contribution in [0.3, 0.4) is 0 Å². The number of hydrogen-bond donors (Lipinski definition) is 1. The minimum Gasteiger partial charge on any atom is -0.456 e. The largest absolute Gasteiger partial charge is 0.456 e. The van der Waals surface area contributed by atoms with Crippen molar-refractivity contribution >= 4 is 77.1 Å². The summed E-state index contributed by atoms with van der Waals surface area (Å²) in [6.07, 6.45) is -0.445. The van der Waals surface area contributed by atoms with Crippen LogP contribution >= 0.6 is 0 Å². The summed E-state index contributed by atoms with van der Waals surface area (Å²) < 4.78 is 13.3. The molecule has 52 heavy (non-hydrogen) atoms. The summed E-state index contributed by atoms with van der Waals surface area (Å²) in [6.45, 7) is 0. The molecule has 2 aromatic heterocycles. The molecule has 1 aliphatic heterocycles. The van der Waals surface area contributed by atoms with Crippen LogP contribution in [-0.4, -0.2) is 11.7 Å². The molecular weight excluding hydrogens is 639 g/mol. The van der Waals surface area contributed by atoms with Gasteiger partial charge in [0.15, 0.2) is 12.0 Å². The normalized spacial score (nSPS) is 14.7. The number of amidine groups is 2. The van der Waals surface area contributed by atoms with Crippen molar-refractivity contribution in [1.82, 2.24) is 5.32 Å². The van der Waals surface area contributed by atoms with E-state index < -0.39 is 6.17 Å². The van der Waals surface area contributed by atoms with Crippen molar-refractivity contribution in [2.45, 2.75) is 6.17 Å². The number of aliphatic imine (C=N–C) groups is 2. The molecule has 1 N–H and O–H groups in total. The fourth-order valence-corrected chi connectivity index (χ4v) is 7.98. The van der Waals surface area contributed by atoms with Gasteiger partial charge in [-0.15, -0.1) is 0 Å². The number of benzene rings is 8. The van der Waals surface area contributed by atoms with E-state index in [2.05, 4.69) is 121 Å². The van der Waals surface area contributed by atoms with Gasteiger partial charge >= 0.3 is 0 Å². The van der Waals surface area contributed by atoms with Crippen LogP contribution in [0, 0.1) is 0 Å². The van der Waals surface area contributed by atoms with E-state index >= 15 is 0 Å². The lowest BCUT2D eigenvalue weighted by Crippen LogP contribution is -2.33. The van der Waals surface area contributed by atoms with Gasteiger partial charge in [0.25, 0.3) is 0 Å². The Bertz CT molecular complexity index is 3110. The van der Waals surface area contributed by atoms with Gasteiger partial charge in [-0.2, -0.15) is 0 Å². The average molecular weight is 668 g/mol. The van der Waals surface area contributed by atoms with Crippen LogP contribution < -0.4 is 5.32 Å². The average Bonchev–Trinajstić information content (AvgIpc) is 3.80. The van der Waals surface area contributed by atoms with Gasteiger partial charge in [-0.1, -0.05) is 146 Å². The van der Waals surface area contributed by atoms with E-state index in [1.165, 1.54) is 21.5 Å². The molecule has 11 rings (SSSR count). The van der Waals surface area contributed by atoms with Crippen molar-refractivity contribution in [3.05, 3.63) is 180 Å². The van der Waals surface area contributed by atoms with E-state index in [-0.39, 0.29) is 0 Å². The van der Waals surface area contributed by atoms with Crippen molar-refractivity contribution in [3.63, 3.8) is 0 Å². The molecule has 0 saturated heterocycles. The van der Waals surface area contributed by atoms with Gasteiger partial charge in [-0.25, -0.2) is 9.98 Å². The Hall–Kier alpha value is -6.98. The second-order valence-electron chi connectivity index (χ2n) is 13.3. The Morgan fingerprint density at radius 1 is 0.462 bits per heavy atom. The number of furan rings is 2. The van der Waals surface area contributed by atoms with Crippen LogP contribution in [0.25, 0.3) is 76.5 Å². The topological polar surface area (TPSA) is 63.0 Å². The molecule has 1 aliphatic rings. The zero-order valence-corrected chi connectivity index (χ0v) is 27.9. The third-order valence-corrected chi connectivity index (χ3v) is 10.3. The lowest BCUT2D eigenvalue weighted by molar-refractivity contribution is 0.628. The number of nitrogens with one attached hydrogen (secondary N) is 1. The summed E-state index contributed by atoms with van der Waals surface area (Å²) in [7, 11) is 0. The molecule has 244 valence electrons. The minimum atomic E-state index is -0.445. The first kappa shape index (κ1) is 28.8. The van der Waals surface area contributed by atoms with Gasteiger partial charge in [-0.05, 0) is 45.3 Å². The zero-order valence-electron chi connectivity index (χ0n) is 27.9. The lowest BCUT2D eigenvalue weighted by Gasteiger charge is -2.24. The van der Waals surface area contributed by atoms with Crippen LogP contribution in [0.2, 0.25) is 0 Å². The standard InChI is InChI=1S/C47H29N3O2/c1-2-13-28(14-3-1)45-48-46(50-47(49-45)38-24-11-20-34-33-19-8-9-25-40(33)51-44(34)38)37-23-12-26-41-42(37)36-22-10-21-35(43(36)52-41)39-27-29-15-4-5-16-30(29)31-17-6-7-18-32(31)39/h1-27,47H,(H,48,49,50). The SMILES string of the molecule is c1ccc(C2=NC(c3cccc4oc5c(-c6cc7ccccc7c7ccccc67)cccc5c34)=NC(c3cccc4c3oc3ccccc34)N2)cc1. The minimum absolute atomic E-state index is 0.445. The molecule has 10 aromatic rings. The molecule has 0 radical (unpaired) electrons. The Balaban J connectivity index is 1.14. The Kier molecular flexibility index (Phi) is 6.25. The number of fused-ring (bicyclic) bond motifs is 9. The first-order valence-electron chi connectivity index (χ1n) is 17.5. The van der Waals surface area contributed by atoms with Crippen molar-refractivity contribution in [2.24, 2.45) is 9.98 Å². The molecule has 0 saturated carbocycles. The highest BCUT2D eigenvalue weighted by atomic mass is 16.3. The lowest BCUT2D eigenvalue weighted by atomic mass is 9.92. The van der Waals surface area contributed by atoms with Gasteiger partial charge in [0.2, 0.25) is 0 Å². The highest BCUT2D eigenvalue weighted by Gasteiger charge is 2.26. The molecule has 1 unspecified atom stereocenters. The highest BCUT2D eigenvalue weighted by molar-refractivity contribution is 6.24. The molecule has 0 bridgehead atoms. The number of para-hydroxylation sites is 3. The van der Waals surface area contributed by atoms with E-state index in [4.69, 9.17) is 18.8 Å². The monoisotopic (exact) mass is 667 g/mol. The van der Waals surface area contributed by atoms with Crippen molar-refractivity contribution in [3.8, 4) is 11.1 Å². The van der Waals surface area contributed by atoms with E-state index in [9.17, 15) is 0 Å². The second-order valence-corrected chi connectivity index (χ2v) is 13.3. The summed E-state index contributed by atoms with van der Waals surface area (Å²) in [5.74, 6) is 1.38. The summed E-state index contributed by atoms with van der Waals surface area (Å²) in [4.78, 5) is 10.5. The Morgan fingerprint density at radius 3 is 2.02 bits per heavy atom. The van der Waals surface area contributed by atoms with Gasteiger partial charge in [0.1, 0.15) is 28.2 Å². The van der Waals surface area contributed by atoms with Crippen LogP contribution in [-0.2, 0) is 0 Å². The molecular formula is C47H29N3O2. The summed E-state index contributed by atoms with van der Waals surface area (Å²) in [5.41, 5.74) is 8.34. The zero-order chi connectivity index (χ0) is 34.2. The molecule has 0 spiro atoms. The third-order valence-electron chi connectivity index (χ3n) is 10.3. The predicted molar refractivity (Wildman–Crippen MR) is 213 cm³/mol. The molecule has 1 atom stereocenters. The van der Waals surface area contributed by atoms with Gasteiger partial charge < -0.3 is 14.2 Å². The predicted octanol–water partition coefficient (Wildman–Crippen LogP) is 12.0. The molecule has 0 aliphatic carbocycles. The summed E-state index contributed by atoms with van der Waals surface area (Å²) >= 11 is 0. The fourth-order valence-electron chi connectivity index (χ4n) is 7.98. The van der Waals surface area contributed by atoms with Crippen molar-refractivity contribution < 1.29 is 8.83 Å². The van der Waals surface area contributed by atoms with Crippen molar-refractivity contribution in [1.29, 1.82) is 0 Å². The Labute approximate surface area is 298 Å². The summed E-state index contributed by atoms with van der Waals surface area (Å²) in [5, 5.41) is 12.7. The maximum Gasteiger partial charge on any atom is 0.160 e. The molecule has 0 fully saturated rings. The van der Waals surface area contributed by atoms with Gasteiger partial charge in [0.05, 0.1) is 0 Å². The van der Waals surface area contributed by atoms with Crippen LogP contribution in [0.1, 0.15) is 22.9 Å². The van der Waals surface area contributed by atoms with Gasteiger partial charge in [-0.3, -0.25) is 0 Å². The molecule has 8 aromatic carbocycles. The quantitative estimate of drug-likeness (QED) is 0.190. The first-order valence-corrected chi connectivity index (χ1v) is 17.5. The number of hydrogen-bond acceptors (Lipinski definition) is 5. The fraction of sp³-hybridized carbons (Fsp3) is 0.0213. The second kappa shape index (κ2) is 11.3. The van der Waals surface area contributed by atoms with Crippen molar-refractivity contribution in [2.75, 3.05) is 0 Å². The van der Waals surface area contributed by atoms with E-state index in [0.29, 0.717) is 5.84 Å². The van der Waals surface area contributed by atoms with Crippen LogP contribution in [0.15, 0.2) is 183 Å². The number of rotatable bonds is 4. The highest BCUT2D eigenvalue weighted by Crippen LogP contribution is 2.42. The van der Waals surface area contributed by atoms with Crippen LogP contribution in [0.4, 0.5) is 0 Å². The van der Waals surface area contributed by atoms with E-state index in [1.54, 1.807) is 0 Å². The van der Waals surface area contributed by atoms with E-state index in [0.717, 1.165) is 77.5 Å². The maximum absolute atomic E-state index is 6.81. The van der Waals surface area contributed by atoms with Crippen LogP contribution in [0.5, 0.6) is 0 Å². The van der Waals surface area contributed by atoms with E-state index in [1.807, 2.05) is 48.5 Å². The first-order chi connectivity index (χ1) is 25.8. The smallest absolute Gasteiger partial charge is 0.160 e.